The number of unbranched alkanes of at least 4 members (excludes halogenated alkanes) is 2. The molecule has 330 valence electrons. The number of carboxylic acid groups (broad SMARTS) is 1. The van der Waals surface area contributed by atoms with Crippen molar-refractivity contribution in [3.8, 4) is 5.75 Å². The van der Waals surface area contributed by atoms with Crippen molar-refractivity contribution in [2.45, 2.75) is 141 Å². The predicted octanol–water partition coefficient (Wildman–Crippen LogP) is -0.0444. The molecule has 1 aliphatic rings. The lowest BCUT2D eigenvalue weighted by molar-refractivity contribution is -0.143. The van der Waals surface area contributed by atoms with Crippen LogP contribution in [-0.2, 0) is 40.0 Å². The first-order chi connectivity index (χ1) is 28.0. The molecule has 0 aromatic heterocycles. The van der Waals surface area contributed by atoms with Gasteiger partial charge in [-0.25, -0.2) is 4.79 Å². The van der Waals surface area contributed by atoms with Crippen molar-refractivity contribution in [3.63, 3.8) is 0 Å². The maximum absolute atomic E-state index is 14.2. The van der Waals surface area contributed by atoms with Gasteiger partial charge in [0.25, 0.3) is 0 Å². The van der Waals surface area contributed by atoms with E-state index in [9.17, 15) is 43.8 Å². The fourth-order valence-electron chi connectivity index (χ4n) is 6.42. The van der Waals surface area contributed by atoms with Crippen LogP contribution in [-0.4, -0.2) is 107 Å². The van der Waals surface area contributed by atoms with Crippen molar-refractivity contribution in [1.82, 2.24) is 31.9 Å². The number of carbonyl (C=O) groups excluding carboxylic acids is 6. The lowest BCUT2D eigenvalue weighted by Crippen LogP contribution is -2.60. The minimum Gasteiger partial charge on any atom is -0.508 e. The van der Waals surface area contributed by atoms with Gasteiger partial charge in [-0.2, -0.15) is 0 Å². The molecule has 0 unspecified atom stereocenters. The minimum atomic E-state index is -1.32. The zero-order chi connectivity index (χ0) is 44.1. The number of hydrogen-bond donors (Lipinski definition) is 11. The number of aromatic hydroxyl groups is 1. The summed E-state index contributed by atoms with van der Waals surface area (Å²) in [6.07, 6.45) is 6.21. The van der Waals surface area contributed by atoms with Crippen LogP contribution in [0.3, 0.4) is 0 Å². The number of aliphatic carboxylic acids is 1. The van der Waals surface area contributed by atoms with Gasteiger partial charge in [0, 0.05) is 6.42 Å². The highest BCUT2D eigenvalue weighted by Gasteiger charge is 2.35. The number of benzene rings is 1. The third kappa shape index (κ3) is 17.8. The van der Waals surface area contributed by atoms with Gasteiger partial charge in [-0.3, -0.25) is 28.8 Å². The SMILES string of the molecule is CC[C@@H](C)[C@H](NC(=O)[C@H](Cc1ccc(O)cc1)NC(=O)[C@@H]1C/C=C\C[C@H](N)C(=O)N[C@@H](CCCCN)C(=O)N[C@@H](CCCCN)C(=O)N1)C(=O)N[C@@H](CC(C)C)C(=O)O. The third-order valence-electron chi connectivity index (χ3n) is 10.2. The van der Waals surface area contributed by atoms with Crippen LogP contribution in [0.5, 0.6) is 5.75 Å². The molecule has 8 atom stereocenters. The summed E-state index contributed by atoms with van der Waals surface area (Å²) in [5.41, 5.74) is 18.1. The molecule has 2 rings (SSSR count). The summed E-state index contributed by atoms with van der Waals surface area (Å²) < 4.78 is 0. The Balaban J connectivity index is 2.50. The van der Waals surface area contributed by atoms with Gasteiger partial charge < -0.3 is 59.3 Å². The molecule has 0 radical (unpaired) electrons. The Bertz CT molecular complexity index is 1570. The first kappa shape index (κ1) is 50.1. The number of nitrogens with two attached hydrogens (primary N) is 3. The number of phenolic OH excluding ortho intramolecular Hbond substituents is 1. The van der Waals surface area contributed by atoms with Crippen molar-refractivity contribution >= 4 is 41.4 Å². The van der Waals surface area contributed by atoms with E-state index >= 15 is 0 Å². The van der Waals surface area contributed by atoms with Crippen LogP contribution < -0.4 is 49.1 Å². The molecular weight excluding hydrogens is 763 g/mol. The third-order valence-corrected chi connectivity index (χ3v) is 10.2. The number of carbonyl (C=O) groups is 7. The first-order valence-corrected chi connectivity index (χ1v) is 20.6. The number of amides is 6. The van der Waals surface area contributed by atoms with Gasteiger partial charge in [0.2, 0.25) is 35.4 Å². The summed E-state index contributed by atoms with van der Waals surface area (Å²) in [4.78, 5) is 94.4. The molecular formula is C41H67N9O9. The molecule has 0 saturated carbocycles. The summed E-state index contributed by atoms with van der Waals surface area (Å²) in [5, 5.41) is 35.8. The van der Waals surface area contributed by atoms with Crippen LogP contribution in [0.25, 0.3) is 0 Å². The van der Waals surface area contributed by atoms with Crippen LogP contribution in [0.4, 0.5) is 0 Å². The van der Waals surface area contributed by atoms with Crippen molar-refractivity contribution in [2.75, 3.05) is 13.1 Å². The second-order valence-electron chi connectivity index (χ2n) is 15.6. The summed E-state index contributed by atoms with van der Waals surface area (Å²) in [5.74, 6) is -5.79. The first-order valence-electron chi connectivity index (χ1n) is 20.6. The zero-order valence-corrected chi connectivity index (χ0v) is 34.8. The topological polar surface area (TPSA) is 310 Å². The largest absolute Gasteiger partial charge is 0.508 e. The minimum absolute atomic E-state index is 0.0249. The van der Waals surface area contributed by atoms with Crippen molar-refractivity contribution < 1.29 is 43.8 Å². The molecule has 0 spiro atoms. The average Bonchev–Trinajstić information content (AvgIpc) is 3.19. The van der Waals surface area contributed by atoms with Gasteiger partial charge in [0.15, 0.2) is 0 Å². The molecule has 0 saturated heterocycles. The molecule has 59 heavy (non-hydrogen) atoms. The molecule has 0 aliphatic carbocycles. The summed E-state index contributed by atoms with van der Waals surface area (Å²) in [6.45, 7) is 7.91. The second-order valence-corrected chi connectivity index (χ2v) is 15.6. The van der Waals surface area contributed by atoms with E-state index in [1.807, 2.05) is 20.8 Å². The van der Waals surface area contributed by atoms with E-state index in [4.69, 9.17) is 17.2 Å². The highest BCUT2D eigenvalue weighted by molar-refractivity contribution is 5.97. The molecule has 0 fully saturated rings. The maximum atomic E-state index is 14.2. The lowest BCUT2D eigenvalue weighted by atomic mass is 9.96. The van der Waals surface area contributed by atoms with E-state index < -0.39 is 89.6 Å². The Morgan fingerprint density at radius 1 is 0.763 bits per heavy atom. The van der Waals surface area contributed by atoms with Gasteiger partial charge >= 0.3 is 5.97 Å². The van der Waals surface area contributed by atoms with Crippen molar-refractivity contribution in [1.29, 1.82) is 0 Å². The van der Waals surface area contributed by atoms with E-state index in [1.54, 1.807) is 31.2 Å². The fraction of sp³-hybridized carbons (Fsp3) is 0.634. The highest BCUT2D eigenvalue weighted by atomic mass is 16.4. The smallest absolute Gasteiger partial charge is 0.326 e. The van der Waals surface area contributed by atoms with Crippen LogP contribution in [0.15, 0.2) is 36.4 Å². The lowest BCUT2D eigenvalue weighted by Gasteiger charge is -2.29. The number of hydrogen-bond acceptors (Lipinski definition) is 11. The molecule has 18 nitrogen and oxygen atoms in total. The van der Waals surface area contributed by atoms with Crippen LogP contribution >= 0.6 is 0 Å². The van der Waals surface area contributed by atoms with Gasteiger partial charge in [0.05, 0.1) is 6.04 Å². The van der Waals surface area contributed by atoms with Gasteiger partial charge in [-0.1, -0.05) is 58.4 Å². The Morgan fingerprint density at radius 2 is 1.32 bits per heavy atom. The van der Waals surface area contributed by atoms with E-state index in [2.05, 4.69) is 31.9 Å². The molecule has 1 aliphatic heterocycles. The van der Waals surface area contributed by atoms with E-state index in [1.165, 1.54) is 12.1 Å². The maximum Gasteiger partial charge on any atom is 0.326 e. The van der Waals surface area contributed by atoms with E-state index in [0.717, 1.165) is 0 Å². The molecule has 6 amide bonds. The van der Waals surface area contributed by atoms with Crippen LogP contribution in [0.1, 0.15) is 97.5 Å². The predicted molar refractivity (Wildman–Crippen MR) is 222 cm³/mol. The molecule has 0 bridgehead atoms. The Labute approximate surface area is 347 Å². The molecule has 14 N–H and O–H groups in total. The van der Waals surface area contributed by atoms with Crippen LogP contribution in [0, 0.1) is 11.8 Å². The molecule has 18 heteroatoms. The molecule has 1 aromatic rings. The standard InChI is InChI=1S/C41H67N9O9/c1-5-25(4)34(40(57)49-33(41(58)59)22-24(2)3)50-39(56)32(23-26-16-18-27(51)19-17-26)48-38(55)30-13-7-6-12-28(44)35(52)45-29(14-8-10-20-42)36(53)47-31(37(54)46-30)15-9-11-21-43/h6-7,16-19,24-25,28-34,51H,5,8-15,20-23,42-44H2,1-4H3,(H,45,52)(H,46,54)(H,47,53)(H,48,55)(H,49,57)(H,50,56)(H,58,59)/b7-6-/t25-,28+,29+,30+,31+,32+,33+,34+/m1/s1. The Hall–Kier alpha value is -5.07. The van der Waals surface area contributed by atoms with E-state index in [-0.39, 0.29) is 50.2 Å². The molecule has 1 aromatic carbocycles. The summed E-state index contributed by atoms with van der Waals surface area (Å²) >= 11 is 0. The number of phenols is 1. The Morgan fingerprint density at radius 3 is 1.86 bits per heavy atom. The number of rotatable bonds is 21. The van der Waals surface area contributed by atoms with Gasteiger partial charge in [-0.15, -0.1) is 0 Å². The second kappa shape index (κ2) is 26.1. The van der Waals surface area contributed by atoms with Crippen LogP contribution in [0.2, 0.25) is 0 Å². The normalized spacial score (nSPS) is 21.7. The quantitative estimate of drug-likeness (QED) is 0.0575. The summed E-state index contributed by atoms with van der Waals surface area (Å²) in [7, 11) is 0. The van der Waals surface area contributed by atoms with Crippen molar-refractivity contribution in [2.24, 2.45) is 29.0 Å². The number of nitrogens with one attached hydrogen (secondary N) is 6. The van der Waals surface area contributed by atoms with Gasteiger partial charge in [0.1, 0.15) is 42.0 Å². The molecule has 1 heterocycles. The highest BCUT2D eigenvalue weighted by Crippen LogP contribution is 2.15. The summed E-state index contributed by atoms with van der Waals surface area (Å²) in [6, 6.07) is -2.15. The zero-order valence-electron chi connectivity index (χ0n) is 34.8. The average molecular weight is 830 g/mol. The van der Waals surface area contributed by atoms with Gasteiger partial charge in [-0.05, 0) is 100 Å². The monoisotopic (exact) mass is 830 g/mol. The fourth-order valence-corrected chi connectivity index (χ4v) is 6.42. The van der Waals surface area contributed by atoms with Crippen molar-refractivity contribution in [3.05, 3.63) is 42.0 Å². The number of carboxylic acids is 1. The Kier molecular flexibility index (Phi) is 22.2. The van der Waals surface area contributed by atoms with E-state index in [0.29, 0.717) is 50.8 Å².